The number of rotatable bonds is 6. The zero-order valence-electron chi connectivity index (χ0n) is 17.4. The number of carbonyl (C=O) groups is 1. The predicted molar refractivity (Wildman–Crippen MR) is 116 cm³/mol. The van der Waals surface area contributed by atoms with E-state index in [4.69, 9.17) is 25.8 Å². The molecule has 12 heteroatoms. The van der Waals surface area contributed by atoms with Crippen LogP contribution in [0, 0.1) is 12.7 Å². The molecule has 0 spiro atoms. The van der Waals surface area contributed by atoms with E-state index in [0.29, 0.717) is 17.5 Å². The maximum atomic E-state index is 14.9. The highest BCUT2D eigenvalue weighted by Crippen LogP contribution is 2.37. The number of hydrogen-bond donors (Lipinski definition) is 1. The van der Waals surface area contributed by atoms with Crippen LogP contribution in [0.4, 0.5) is 9.52 Å². The van der Waals surface area contributed by atoms with E-state index in [2.05, 4.69) is 25.5 Å². The van der Waals surface area contributed by atoms with Crippen LogP contribution in [0.5, 0.6) is 10.9 Å². The Bertz CT molecular complexity index is 1160. The molecular weight excluding hydrogens is 461 g/mol. The Hall–Kier alpha value is -2.89. The molecule has 1 aliphatic heterocycles. The van der Waals surface area contributed by atoms with E-state index in [1.165, 1.54) is 19.5 Å². The first-order valence-electron chi connectivity index (χ1n) is 9.65. The number of methoxy groups -OCH3 is 1. The number of carbonyl (C=O) groups excluding carboxylic acids is 1. The lowest BCUT2D eigenvalue weighted by Crippen LogP contribution is -2.24. The van der Waals surface area contributed by atoms with E-state index < -0.39 is 11.7 Å². The first-order chi connectivity index (χ1) is 15.4. The van der Waals surface area contributed by atoms with Crippen molar-refractivity contribution in [1.82, 2.24) is 20.2 Å². The van der Waals surface area contributed by atoms with Gasteiger partial charge >= 0.3 is 0 Å². The van der Waals surface area contributed by atoms with Crippen LogP contribution >= 0.6 is 22.9 Å². The van der Waals surface area contributed by atoms with Crippen molar-refractivity contribution in [3.8, 4) is 22.1 Å². The van der Waals surface area contributed by atoms with Gasteiger partial charge in [-0.3, -0.25) is 15.1 Å². The average molecular weight is 480 g/mol. The van der Waals surface area contributed by atoms with Gasteiger partial charge in [0.2, 0.25) is 5.13 Å². The Balaban J connectivity index is 1.62. The van der Waals surface area contributed by atoms with Gasteiger partial charge in [-0.2, -0.15) is 0 Å². The van der Waals surface area contributed by atoms with Crippen LogP contribution in [0.25, 0.3) is 11.1 Å². The Morgan fingerprint density at radius 2 is 2.16 bits per heavy atom. The number of aromatic nitrogens is 4. The summed E-state index contributed by atoms with van der Waals surface area (Å²) in [6, 6.07) is 1.57. The third-order valence-corrected chi connectivity index (χ3v) is 5.90. The molecule has 9 nitrogen and oxygen atoms in total. The maximum Gasteiger partial charge on any atom is 0.296 e. The summed E-state index contributed by atoms with van der Waals surface area (Å²) in [5.41, 5.74) is 0.946. The van der Waals surface area contributed by atoms with E-state index in [1.807, 2.05) is 6.92 Å². The summed E-state index contributed by atoms with van der Waals surface area (Å²) in [5.74, 6) is -1.22. The Morgan fingerprint density at radius 1 is 1.34 bits per heavy atom. The Labute approximate surface area is 191 Å². The SMILES string of the molecule is COc1cnc(Cl)c(F)c1-c1cc(C)ncc1C(=O)Nc1nnc(O[C@H]2CCO[C@H]2C)s1. The van der Waals surface area contributed by atoms with Gasteiger partial charge in [0.15, 0.2) is 11.0 Å². The van der Waals surface area contributed by atoms with E-state index in [0.717, 1.165) is 17.8 Å². The highest BCUT2D eigenvalue weighted by atomic mass is 35.5. The van der Waals surface area contributed by atoms with Crippen molar-refractivity contribution in [1.29, 1.82) is 0 Å². The number of hydrogen-bond acceptors (Lipinski definition) is 9. The predicted octanol–water partition coefficient (Wildman–Crippen LogP) is 3.91. The zero-order valence-corrected chi connectivity index (χ0v) is 19.0. The van der Waals surface area contributed by atoms with Gasteiger partial charge in [-0.05, 0) is 31.3 Å². The summed E-state index contributed by atoms with van der Waals surface area (Å²) in [6.45, 7) is 4.27. The fourth-order valence-electron chi connectivity index (χ4n) is 3.27. The molecule has 0 bridgehead atoms. The molecule has 4 rings (SSSR count). The van der Waals surface area contributed by atoms with Crippen LogP contribution in [0.2, 0.25) is 5.15 Å². The van der Waals surface area contributed by atoms with Crippen molar-refractivity contribution in [3.05, 3.63) is 40.7 Å². The minimum Gasteiger partial charge on any atom is -0.494 e. The molecule has 4 heterocycles. The number of pyridine rings is 2. The molecule has 3 aromatic rings. The minimum absolute atomic E-state index is 0.0136. The van der Waals surface area contributed by atoms with Crippen LogP contribution < -0.4 is 14.8 Å². The number of halogens is 2. The molecule has 1 aliphatic rings. The molecule has 1 fully saturated rings. The highest BCUT2D eigenvalue weighted by molar-refractivity contribution is 7.17. The van der Waals surface area contributed by atoms with Gasteiger partial charge in [0.1, 0.15) is 11.9 Å². The van der Waals surface area contributed by atoms with E-state index >= 15 is 0 Å². The standard InChI is InChI=1S/C20H19ClFN5O4S/c1-9-6-11(15-14(29-3)8-24-17(21)16(15)22)12(7-23-9)18(28)25-19-26-27-20(32-19)31-13-4-5-30-10(13)2/h6-8,10,13H,4-5H2,1-3H3,(H,25,26,28)/t10-,13-/m0/s1. The van der Waals surface area contributed by atoms with Crippen LogP contribution in [0.1, 0.15) is 29.4 Å². The van der Waals surface area contributed by atoms with Gasteiger partial charge < -0.3 is 14.2 Å². The van der Waals surface area contributed by atoms with Gasteiger partial charge in [-0.15, -0.1) is 5.10 Å². The van der Waals surface area contributed by atoms with Crippen LogP contribution in [-0.4, -0.2) is 52.0 Å². The van der Waals surface area contributed by atoms with Crippen LogP contribution in [0.15, 0.2) is 18.5 Å². The lowest BCUT2D eigenvalue weighted by Gasteiger charge is -2.14. The molecule has 1 saturated heterocycles. The second kappa shape index (κ2) is 9.31. The molecular formula is C20H19ClFN5O4S. The fourth-order valence-corrected chi connectivity index (χ4v) is 4.06. The lowest BCUT2D eigenvalue weighted by atomic mass is 10.00. The van der Waals surface area contributed by atoms with Crippen molar-refractivity contribution in [2.75, 3.05) is 19.0 Å². The van der Waals surface area contributed by atoms with E-state index in [-0.39, 0.29) is 44.9 Å². The fraction of sp³-hybridized carbons (Fsp3) is 0.350. The molecule has 3 aromatic heterocycles. The number of anilines is 1. The topological polar surface area (TPSA) is 108 Å². The monoisotopic (exact) mass is 479 g/mol. The molecule has 168 valence electrons. The van der Waals surface area contributed by atoms with Gasteiger partial charge in [-0.25, -0.2) is 9.37 Å². The molecule has 0 aromatic carbocycles. The van der Waals surface area contributed by atoms with E-state index in [9.17, 15) is 9.18 Å². The van der Waals surface area contributed by atoms with Crippen LogP contribution in [-0.2, 0) is 4.74 Å². The third kappa shape index (κ3) is 4.50. The van der Waals surface area contributed by atoms with Gasteiger partial charge in [0.25, 0.3) is 11.1 Å². The number of amides is 1. The Kier molecular flexibility index (Phi) is 6.49. The maximum absolute atomic E-state index is 14.9. The third-order valence-electron chi connectivity index (χ3n) is 4.90. The number of nitrogens with one attached hydrogen (secondary N) is 1. The number of aryl methyl sites for hydroxylation is 1. The second-order valence-electron chi connectivity index (χ2n) is 7.03. The summed E-state index contributed by atoms with van der Waals surface area (Å²) in [4.78, 5) is 21.0. The van der Waals surface area contributed by atoms with Crippen molar-refractivity contribution >= 4 is 34.0 Å². The van der Waals surface area contributed by atoms with E-state index in [1.54, 1.807) is 13.0 Å². The second-order valence-corrected chi connectivity index (χ2v) is 8.32. The molecule has 0 aliphatic carbocycles. The van der Waals surface area contributed by atoms with Crippen molar-refractivity contribution in [2.45, 2.75) is 32.5 Å². The summed E-state index contributed by atoms with van der Waals surface area (Å²) in [5, 5.41) is 10.8. The summed E-state index contributed by atoms with van der Waals surface area (Å²) in [6.07, 6.45) is 3.23. The first kappa shape index (κ1) is 22.3. The smallest absolute Gasteiger partial charge is 0.296 e. The minimum atomic E-state index is -0.801. The molecule has 2 atom stereocenters. The molecule has 1 N–H and O–H groups in total. The number of nitrogens with zero attached hydrogens (tertiary/aromatic N) is 4. The average Bonchev–Trinajstić information content (AvgIpc) is 3.38. The lowest BCUT2D eigenvalue weighted by molar-refractivity contribution is 0.0669. The van der Waals surface area contributed by atoms with Crippen LogP contribution in [0.3, 0.4) is 0 Å². The van der Waals surface area contributed by atoms with Gasteiger partial charge in [0.05, 0.1) is 37.1 Å². The summed E-state index contributed by atoms with van der Waals surface area (Å²) >= 11 is 6.96. The molecule has 0 radical (unpaired) electrons. The van der Waals surface area contributed by atoms with Crippen molar-refractivity contribution in [3.63, 3.8) is 0 Å². The number of ether oxygens (including phenoxy) is 3. The van der Waals surface area contributed by atoms with Gasteiger partial charge in [-0.1, -0.05) is 16.7 Å². The normalized spacial score (nSPS) is 17.9. The molecule has 0 saturated carbocycles. The van der Waals surface area contributed by atoms with Gasteiger partial charge in [0, 0.05) is 23.9 Å². The summed E-state index contributed by atoms with van der Waals surface area (Å²) < 4.78 is 31.4. The molecule has 32 heavy (non-hydrogen) atoms. The summed E-state index contributed by atoms with van der Waals surface area (Å²) in [7, 11) is 1.38. The largest absolute Gasteiger partial charge is 0.494 e. The molecule has 1 amide bonds. The van der Waals surface area contributed by atoms with Crippen molar-refractivity contribution in [2.24, 2.45) is 0 Å². The Morgan fingerprint density at radius 3 is 2.88 bits per heavy atom. The van der Waals surface area contributed by atoms with Crippen molar-refractivity contribution < 1.29 is 23.4 Å². The molecule has 0 unspecified atom stereocenters. The quantitative estimate of drug-likeness (QED) is 0.530. The first-order valence-corrected chi connectivity index (χ1v) is 10.8. The zero-order chi connectivity index (χ0) is 22.8. The highest BCUT2D eigenvalue weighted by Gasteiger charge is 2.28.